The Labute approximate surface area is 177 Å². The second-order valence-corrected chi connectivity index (χ2v) is 6.94. The predicted molar refractivity (Wildman–Crippen MR) is 118 cm³/mol. The third-order valence-electron chi connectivity index (χ3n) is 4.78. The lowest BCUT2D eigenvalue weighted by molar-refractivity contribution is -0.117. The number of rotatable bonds is 9. The Balaban J connectivity index is 1.54. The third kappa shape index (κ3) is 5.63. The molecule has 0 saturated carbocycles. The van der Waals surface area contributed by atoms with Gasteiger partial charge in [-0.15, -0.1) is 0 Å². The molecule has 3 rings (SSSR count). The monoisotopic (exact) mass is 408 g/mol. The van der Waals surface area contributed by atoms with Gasteiger partial charge < -0.3 is 19.7 Å². The summed E-state index contributed by atoms with van der Waals surface area (Å²) in [5.41, 5.74) is 2.75. The van der Waals surface area contributed by atoms with Gasteiger partial charge in [0.1, 0.15) is 0 Å². The second kappa shape index (κ2) is 10.5. The molecule has 6 nitrogen and oxygen atoms in total. The van der Waals surface area contributed by atoms with E-state index in [9.17, 15) is 9.59 Å². The number of nitrogens with zero attached hydrogens (tertiary/aromatic N) is 1. The topological polar surface area (TPSA) is 67.9 Å². The third-order valence-corrected chi connectivity index (χ3v) is 4.78. The molecule has 2 aromatic rings. The van der Waals surface area contributed by atoms with Crippen LogP contribution in [0.5, 0.6) is 11.5 Å². The molecule has 2 aromatic carbocycles. The summed E-state index contributed by atoms with van der Waals surface area (Å²) >= 11 is 0. The first-order valence-corrected chi connectivity index (χ1v) is 10.4. The van der Waals surface area contributed by atoms with Crippen molar-refractivity contribution >= 4 is 23.6 Å². The maximum Gasteiger partial charge on any atom is 0.244 e. The molecule has 0 aromatic heterocycles. The van der Waals surface area contributed by atoms with Crippen LogP contribution in [0.3, 0.4) is 0 Å². The summed E-state index contributed by atoms with van der Waals surface area (Å²) in [5, 5.41) is 2.88. The smallest absolute Gasteiger partial charge is 0.244 e. The molecule has 0 spiro atoms. The second-order valence-electron chi connectivity index (χ2n) is 6.94. The van der Waals surface area contributed by atoms with Crippen molar-refractivity contribution in [3.8, 4) is 11.5 Å². The predicted octanol–water partition coefficient (Wildman–Crippen LogP) is 3.94. The molecular weight excluding hydrogens is 380 g/mol. The molecule has 0 aliphatic carbocycles. The van der Waals surface area contributed by atoms with Crippen LogP contribution >= 0.6 is 0 Å². The van der Waals surface area contributed by atoms with Gasteiger partial charge in [0.2, 0.25) is 11.8 Å². The normalized spacial score (nSPS) is 13.7. The molecular formula is C24H28N2O4. The van der Waals surface area contributed by atoms with Gasteiger partial charge in [-0.05, 0) is 61.7 Å². The van der Waals surface area contributed by atoms with Crippen LogP contribution in [-0.2, 0) is 16.1 Å². The molecule has 1 N–H and O–H groups in total. The van der Waals surface area contributed by atoms with Crippen LogP contribution in [0.15, 0.2) is 48.5 Å². The quantitative estimate of drug-likeness (QED) is 0.638. The van der Waals surface area contributed by atoms with Gasteiger partial charge in [0, 0.05) is 31.3 Å². The zero-order chi connectivity index (χ0) is 21.3. The van der Waals surface area contributed by atoms with Gasteiger partial charge in [0.15, 0.2) is 11.5 Å². The van der Waals surface area contributed by atoms with E-state index in [2.05, 4.69) is 5.32 Å². The Kier molecular flexibility index (Phi) is 7.49. The zero-order valence-electron chi connectivity index (χ0n) is 17.5. The molecule has 2 amide bonds. The molecule has 0 bridgehead atoms. The lowest BCUT2D eigenvalue weighted by Crippen LogP contribution is -2.23. The van der Waals surface area contributed by atoms with Gasteiger partial charge in [0.05, 0.1) is 13.2 Å². The number of carbonyl (C=O) groups is 2. The minimum Gasteiger partial charge on any atom is -0.490 e. The number of amides is 2. The minimum atomic E-state index is -0.180. The molecule has 1 aliphatic rings. The van der Waals surface area contributed by atoms with Crippen molar-refractivity contribution in [3.63, 3.8) is 0 Å². The Hall–Kier alpha value is -3.28. The molecule has 1 fully saturated rings. The highest BCUT2D eigenvalue weighted by Gasteiger charge is 2.21. The zero-order valence-corrected chi connectivity index (χ0v) is 17.5. The Bertz CT molecular complexity index is 906. The van der Waals surface area contributed by atoms with Gasteiger partial charge >= 0.3 is 0 Å². The van der Waals surface area contributed by atoms with Crippen molar-refractivity contribution < 1.29 is 19.1 Å². The van der Waals surface area contributed by atoms with E-state index in [4.69, 9.17) is 9.47 Å². The highest BCUT2D eigenvalue weighted by Crippen LogP contribution is 2.29. The summed E-state index contributed by atoms with van der Waals surface area (Å²) in [6.07, 6.45) is 4.77. The van der Waals surface area contributed by atoms with Crippen molar-refractivity contribution in [2.75, 3.05) is 24.7 Å². The first-order valence-electron chi connectivity index (χ1n) is 10.4. The molecule has 0 radical (unpaired) electrons. The lowest BCUT2D eigenvalue weighted by atomic mass is 10.1. The average Bonchev–Trinajstić information content (AvgIpc) is 3.19. The van der Waals surface area contributed by atoms with Crippen LogP contribution in [0.1, 0.15) is 37.8 Å². The molecule has 0 unspecified atom stereocenters. The summed E-state index contributed by atoms with van der Waals surface area (Å²) in [6, 6.07) is 13.3. The Morgan fingerprint density at radius 1 is 1.07 bits per heavy atom. The van der Waals surface area contributed by atoms with E-state index >= 15 is 0 Å². The summed E-state index contributed by atoms with van der Waals surface area (Å²) in [7, 11) is 0. The van der Waals surface area contributed by atoms with Crippen molar-refractivity contribution in [2.24, 2.45) is 0 Å². The number of nitrogens with one attached hydrogen (secondary N) is 1. The van der Waals surface area contributed by atoms with E-state index in [0.717, 1.165) is 29.8 Å². The van der Waals surface area contributed by atoms with E-state index in [1.54, 1.807) is 11.0 Å². The number of carbonyl (C=O) groups excluding carboxylic acids is 2. The molecule has 6 heteroatoms. The fraction of sp³-hybridized carbons (Fsp3) is 0.333. The SMILES string of the molecule is CCOc1ccc(/C=C/C(=O)NCc2ccc(N3CCCC3=O)cc2)cc1OCC. The van der Waals surface area contributed by atoms with Crippen LogP contribution < -0.4 is 19.7 Å². The Morgan fingerprint density at radius 2 is 1.80 bits per heavy atom. The Morgan fingerprint density at radius 3 is 2.47 bits per heavy atom. The van der Waals surface area contributed by atoms with Crippen molar-refractivity contribution in [3.05, 3.63) is 59.7 Å². The molecule has 1 aliphatic heterocycles. The number of hydrogen-bond acceptors (Lipinski definition) is 4. The summed E-state index contributed by atoms with van der Waals surface area (Å²) < 4.78 is 11.2. The van der Waals surface area contributed by atoms with Crippen LogP contribution in [0.4, 0.5) is 5.69 Å². The minimum absolute atomic E-state index is 0.169. The van der Waals surface area contributed by atoms with Crippen molar-refractivity contribution in [1.82, 2.24) is 5.32 Å². The van der Waals surface area contributed by atoms with Gasteiger partial charge in [-0.25, -0.2) is 0 Å². The maximum absolute atomic E-state index is 12.2. The van der Waals surface area contributed by atoms with Crippen LogP contribution in [0.25, 0.3) is 6.08 Å². The fourth-order valence-electron chi connectivity index (χ4n) is 3.31. The number of ether oxygens (including phenoxy) is 2. The van der Waals surface area contributed by atoms with Gasteiger partial charge in [-0.3, -0.25) is 9.59 Å². The van der Waals surface area contributed by atoms with Crippen LogP contribution in [-0.4, -0.2) is 31.6 Å². The number of hydrogen-bond donors (Lipinski definition) is 1. The maximum atomic E-state index is 12.2. The molecule has 30 heavy (non-hydrogen) atoms. The van der Waals surface area contributed by atoms with Gasteiger partial charge in [-0.2, -0.15) is 0 Å². The largest absolute Gasteiger partial charge is 0.490 e. The van der Waals surface area contributed by atoms with Crippen LogP contribution in [0.2, 0.25) is 0 Å². The fourth-order valence-corrected chi connectivity index (χ4v) is 3.31. The molecule has 1 heterocycles. The first kappa shape index (κ1) is 21.4. The number of anilines is 1. The van der Waals surface area contributed by atoms with E-state index in [0.29, 0.717) is 37.7 Å². The van der Waals surface area contributed by atoms with Gasteiger partial charge in [-0.1, -0.05) is 18.2 Å². The lowest BCUT2D eigenvalue weighted by Gasteiger charge is -2.15. The number of benzene rings is 2. The molecule has 158 valence electrons. The molecule has 0 atom stereocenters. The van der Waals surface area contributed by atoms with E-state index < -0.39 is 0 Å². The summed E-state index contributed by atoms with van der Waals surface area (Å²) in [4.78, 5) is 25.8. The van der Waals surface area contributed by atoms with E-state index in [-0.39, 0.29) is 11.8 Å². The highest BCUT2D eigenvalue weighted by atomic mass is 16.5. The first-order chi connectivity index (χ1) is 14.6. The summed E-state index contributed by atoms with van der Waals surface area (Å²) in [5.74, 6) is 1.35. The van der Waals surface area contributed by atoms with E-state index in [1.807, 2.05) is 56.3 Å². The molecule has 1 saturated heterocycles. The van der Waals surface area contributed by atoms with Gasteiger partial charge in [0.25, 0.3) is 0 Å². The summed E-state index contributed by atoms with van der Waals surface area (Å²) in [6.45, 7) is 6.14. The van der Waals surface area contributed by atoms with Crippen molar-refractivity contribution in [2.45, 2.75) is 33.2 Å². The average molecular weight is 408 g/mol. The standard InChI is InChI=1S/C24H28N2O4/c1-3-29-21-13-9-18(16-22(21)30-4-2)10-14-23(27)25-17-19-7-11-20(12-8-19)26-15-5-6-24(26)28/h7-14,16H,3-6,15,17H2,1-2H3,(H,25,27)/b14-10+. The highest BCUT2D eigenvalue weighted by molar-refractivity contribution is 5.95. The van der Waals surface area contributed by atoms with Crippen LogP contribution in [0, 0.1) is 0 Å². The van der Waals surface area contributed by atoms with Crippen molar-refractivity contribution in [1.29, 1.82) is 0 Å². The van der Waals surface area contributed by atoms with E-state index in [1.165, 1.54) is 6.08 Å².